The fourth-order valence-electron chi connectivity index (χ4n) is 3.24. The highest BCUT2D eigenvalue weighted by Crippen LogP contribution is 2.37. The standard InChI is InChI=1S/C17H22N2O/c1-2-18-15-7-9-17(20,10-8-15)14-5-6-16-13(12-14)4-3-11-19-16/h3-6,11-12,15,18,20H,2,7-10H2,1H3. The molecule has 106 valence electrons. The third-order valence-corrected chi connectivity index (χ3v) is 4.45. The van der Waals surface area contributed by atoms with Crippen molar-refractivity contribution in [3.8, 4) is 0 Å². The molecule has 20 heavy (non-hydrogen) atoms. The summed E-state index contributed by atoms with van der Waals surface area (Å²) in [5, 5.41) is 15.5. The van der Waals surface area contributed by atoms with Gasteiger partial charge < -0.3 is 10.4 Å². The van der Waals surface area contributed by atoms with E-state index in [4.69, 9.17) is 0 Å². The highest BCUT2D eigenvalue weighted by molar-refractivity contribution is 5.79. The van der Waals surface area contributed by atoms with Gasteiger partial charge in [-0.15, -0.1) is 0 Å². The Morgan fingerprint density at radius 3 is 2.85 bits per heavy atom. The van der Waals surface area contributed by atoms with E-state index < -0.39 is 5.60 Å². The van der Waals surface area contributed by atoms with E-state index in [2.05, 4.69) is 29.4 Å². The van der Waals surface area contributed by atoms with Crippen LogP contribution in [0.15, 0.2) is 36.5 Å². The summed E-state index contributed by atoms with van der Waals surface area (Å²) in [5.41, 5.74) is 1.35. The molecule has 1 heterocycles. The van der Waals surface area contributed by atoms with Crippen molar-refractivity contribution in [2.45, 2.75) is 44.2 Å². The van der Waals surface area contributed by atoms with Crippen molar-refractivity contribution in [2.75, 3.05) is 6.54 Å². The summed E-state index contributed by atoms with van der Waals surface area (Å²) < 4.78 is 0. The number of nitrogens with zero attached hydrogens (tertiary/aromatic N) is 1. The number of hydrogen-bond donors (Lipinski definition) is 2. The third kappa shape index (κ3) is 2.56. The van der Waals surface area contributed by atoms with Crippen molar-refractivity contribution in [3.63, 3.8) is 0 Å². The van der Waals surface area contributed by atoms with Crippen molar-refractivity contribution in [1.29, 1.82) is 0 Å². The zero-order valence-electron chi connectivity index (χ0n) is 12.0. The second-order valence-electron chi connectivity index (χ2n) is 5.77. The summed E-state index contributed by atoms with van der Waals surface area (Å²) in [5.74, 6) is 0. The Balaban J connectivity index is 1.83. The van der Waals surface area contributed by atoms with Crippen molar-refractivity contribution < 1.29 is 5.11 Å². The molecule has 0 unspecified atom stereocenters. The van der Waals surface area contributed by atoms with Crippen LogP contribution in [0.1, 0.15) is 38.2 Å². The summed E-state index contributed by atoms with van der Waals surface area (Å²) >= 11 is 0. The van der Waals surface area contributed by atoms with Gasteiger partial charge in [0.05, 0.1) is 11.1 Å². The molecule has 1 aromatic carbocycles. The second kappa shape index (κ2) is 5.51. The number of hydrogen-bond acceptors (Lipinski definition) is 3. The van der Waals surface area contributed by atoms with Gasteiger partial charge in [-0.1, -0.05) is 19.1 Å². The number of rotatable bonds is 3. The highest BCUT2D eigenvalue weighted by Gasteiger charge is 2.34. The first kappa shape index (κ1) is 13.5. The van der Waals surface area contributed by atoms with Gasteiger partial charge in [-0.2, -0.15) is 0 Å². The molecule has 2 aromatic rings. The van der Waals surface area contributed by atoms with Gasteiger partial charge in [0, 0.05) is 17.6 Å². The molecule has 0 spiro atoms. The van der Waals surface area contributed by atoms with Crippen LogP contribution in [0.5, 0.6) is 0 Å². The van der Waals surface area contributed by atoms with E-state index in [0.717, 1.165) is 48.7 Å². The Labute approximate surface area is 120 Å². The number of nitrogens with one attached hydrogen (secondary N) is 1. The number of benzene rings is 1. The monoisotopic (exact) mass is 270 g/mol. The zero-order valence-corrected chi connectivity index (χ0v) is 12.0. The van der Waals surface area contributed by atoms with Gasteiger partial charge in [-0.25, -0.2) is 0 Å². The topological polar surface area (TPSA) is 45.1 Å². The Bertz CT molecular complexity index is 588. The molecule has 1 saturated carbocycles. The van der Waals surface area contributed by atoms with Crippen molar-refractivity contribution in [3.05, 3.63) is 42.1 Å². The minimum atomic E-state index is -0.671. The smallest absolute Gasteiger partial charge is 0.0898 e. The average Bonchev–Trinajstić information content (AvgIpc) is 2.49. The molecule has 1 aromatic heterocycles. The molecule has 3 heteroatoms. The van der Waals surface area contributed by atoms with Crippen molar-refractivity contribution >= 4 is 10.9 Å². The van der Waals surface area contributed by atoms with Gasteiger partial charge in [-0.3, -0.25) is 4.98 Å². The van der Waals surface area contributed by atoms with Crippen LogP contribution in [0, 0.1) is 0 Å². The summed E-state index contributed by atoms with van der Waals surface area (Å²) in [7, 11) is 0. The number of aromatic nitrogens is 1. The Morgan fingerprint density at radius 1 is 1.30 bits per heavy atom. The number of fused-ring (bicyclic) bond motifs is 1. The number of pyridine rings is 1. The first-order chi connectivity index (χ1) is 9.71. The van der Waals surface area contributed by atoms with Crippen LogP contribution in [0.4, 0.5) is 0 Å². The molecule has 1 fully saturated rings. The Hall–Kier alpha value is -1.45. The summed E-state index contributed by atoms with van der Waals surface area (Å²) in [4.78, 5) is 4.33. The minimum absolute atomic E-state index is 0.558. The van der Waals surface area contributed by atoms with E-state index in [1.165, 1.54) is 0 Å². The normalized spacial score (nSPS) is 26.8. The molecule has 1 aliphatic carbocycles. The molecule has 0 atom stereocenters. The molecule has 0 saturated heterocycles. The van der Waals surface area contributed by atoms with Crippen LogP contribution in [-0.4, -0.2) is 22.7 Å². The molecule has 0 amide bonds. The summed E-state index contributed by atoms with van der Waals surface area (Å²) in [6.07, 6.45) is 5.54. The molecule has 0 aliphatic heterocycles. The first-order valence-corrected chi connectivity index (χ1v) is 7.52. The minimum Gasteiger partial charge on any atom is -0.385 e. The van der Waals surface area contributed by atoms with Crippen LogP contribution >= 0.6 is 0 Å². The predicted molar refractivity (Wildman–Crippen MR) is 81.6 cm³/mol. The highest BCUT2D eigenvalue weighted by atomic mass is 16.3. The van der Waals surface area contributed by atoms with Crippen LogP contribution in [0.2, 0.25) is 0 Å². The molecule has 3 rings (SSSR count). The van der Waals surface area contributed by atoms with Crippen LogP contribution in [0.3, 0.4) is 0 Å². The van der Waals surface area contributed by atoms with Gasteiger partial charge >= 0.3 is 0 Å². The fraction of sp³-hybridized carbons (Fsp3) is 0.471. The molecule has 0 radical (unpaired) electrons. The molecular weight excluding hydrogens is 248 g/mol. The van der Waals surface area contributed by atoms with E-state index >= 15 is 0 Å². The maximum atomic E-state index is 10.9. The SMILES string of the molecule is CCNC1CCC(O)(c2ccc3ncccc3c2)CC1. The van der Waals surface area contributed by atoms with E-state index in [9.17, 15) is 5.11 Å². The van der Waals surface area contributed by atoms with Gasteiger partial charge in [-0.05, 0) is 56.0 Å². The lowest BCUT2D eigenvalue weighted by Crippen LogP contribution is -2.39. The largest absolute Gasteiger partial charge is 0.385 e. The van der Waals surface area contributed by atoms with Crippen molar-refractivity contribution in [2.24, 2.45) is 0 Å². The quantitative estimate of drug-likeness (QED) is 0.901. The first-order valence-electron chi connectivity index (χ1n) is 7.52. The van der Waals surface area contributed by atoms with Crippen LogP contribution < -0.4 is 5.32 Å². The van der Waals surface area contributed by atoms with Crippen LogP contribution in [0.25, 0.3) is 10.9 Å². The van der Waals surface area contributed by atoms with E-state index in [1.54, 1.807) is 6.20 Å². The van der Waals surface area contributed by atoms with Gasteiger partial charge in [0.1, 0.15) is 0 Å². The van der Waals surface area contributed by atoms with Gasteiger partial charge in [0.15, 0.2) is 0 Å². The molecule has 2 N–H and O–H groups in total. The van der Waals surface area contributed by atoms with Gasteiger partial charge in [0.2, 0.25) is 0 Å². The lowest BCUT2D eigenvalue weighted by Gasteiger charge is -2.36. The number of aliphatic hydroxyl groups is 1. The van der Waals surface area contributed by atoms with E-state index in [0.29, 0.717) is 6.04 Å². The summed E-state index contributed by atoms with van der Waals surface area (Å²) in [6.45, 7) is 3.14. The molecule has 1 aliphatic rings. The van der Waals surface area contributed by atoms with E-state index in [-0.39, 0.29) is 0 Å². The lowest BCUT2D eigenvalue weighted by molar-refractivity contribution is -0.00803. The molecular formula is C17H22N2O. The van der Waals surface area contributed by atoms with Crippen LogP contribution in [-0.2, 0) is 5.60 Å². The molecule has 3 nitrogen and oxygen atoms in total. The van der Waals surface area contributed by atoms with Gasteiger partial charge in [0.25, 0.3) is 0 Å². The average molecular weight is 270 g/mol. The molecule has 0 bridgehead atoms. The maximum absolute atomic E-state index is 10.9. The maximum Gasteiger partial charge on any atom is 0.0898 e. The second-order valence-corrected chi connectivity index (χ2v) is 5.77. The van der Waals surface area contributed by atoms with E-state index in [1.807, 2.05) is 18.2 Å². The third-order valence-electron chi connectivity index (χ3n) is 4.45. The summed E-state index contributed by atoms with van der Waals surface area (Å²) in [6, 6.07) is 10.7. The zero-order chi connectivity index (χ0) is 14.0. The lowest BCUT2D eigenvalue weighted by atomic mass is 9.77. The predicted octanol–water partition coefficient (Wildman–Crippen LogP) is 2.97. The van der Waals surface area contributed by atoms with Crippen molar-refractivity contribution in [1.82, 2.24) is 10.3 Å². The fourth-order valence-corrected chi connectivity index (χ4v) is 3.24. The Morgan fingerprint density at radius 2 is 2.10 bits per heavy atom. The Kier molecular flexibility index (Phi) is 3.72.